The summed E-state index contributed by atoms with van der Waals surface area (Å²) in [6.07, 6.45) is 7.91. The molecular weight excluding hydrogens is 1360 g/mol. The van der Waals surface area contributed by atoms with Crippen molar-refractivity contribution in [1.29, 1.82) is 0 Å². The van der Waals surface area contributed by atoms with Gasteiger partial charge in [0.1, 0.15) is 5.82 Å². The molecule has 1 aliphatic carbocycles. The van der Waals surface area contributed by atoms with Gasteiger partial charge in [-0.15, -0.1) is 29.7 Å². The van der Waals surface area contributed by atoms with Crippen molar-refractivity contribution >= 4 is 54.6 Å². The number of para-hydroxylation sites is 3. The number of rotatable bonds is 7. The third-order valence-electron chi connectivity index (χ3n) is 20.7. The van der Waals surface area contributed by atoms with Crippen molar-refractivity contribution < 1.29 is 38.6 Å². The maximum Gasteiger partial charge on any atom is 0.268 e. The summed E-state index contributed by atoms with van der Waals surface area (Å²) in [5.74, 6) is 1.75. The molecule has 15 aromatic rings. The second-order valence-corrected chi connectivity index (χ2v) is 29.8. The second kappa shape index (κ2) is 22.6. The number of hydrogen-bond acceptors (Lipinski definition) is 2. The van der Waals surface area contributed by atoms with E-state index in [-0.39, 0.29) is 59.4 Å². The summed E-state index contributed by atoms with van der Waals surface area (Å²) >= 11 is 0. The molecule has 0 N–H and O–H groups in total. The van der Waals surface area contributed by atoms with Gasteiger partial charge in [-0.25, -0.2) is 4.98 Å². The van der Waals surface area contributed by atoms with Crippen LogP contribution in [0.3, 0.4) is 0 Å². The zero-order valence-corrected chi connectivity index (χ0v) is 58.5. The molecule has 0 radical (unpaired) electrons. The van der Waals surface area contributed by atoms with Gasteiger partial charge in [0.15, 0.2) is 0 Å². The number of ether oxygens (including phenoxy) is 1. The third-order valence-corrected chi connectivity index (χ3v) is 20.7. The number of aryl methyl sites for hydroxylation is 2. The molecule has 0 unspecified atom stereocenters. The standard InChI is InChI=1S/C90H77N5O.Pt/c1-55-23-21-24-56(2)84(55)58-45-71(57-35-37-59(38-36-57)87(3,4)5)85-74(46-58)73-53-77-76(89(9,10)42-43-90(77,11)12)52-72(73)65-27-13-14-28-66(65)75-49-62(94-78-32-18-15-29-67(78)68-30-16-19-33-79(68)94)50-82-86(75)93(85)54-92(82)61-25-22-26-63(48-61)96-64-39-40-70-69-31-17-20-34-80(69)95(81(70)51-64)83-47-60(41-44-91-83)88(6,7)8;/h13-41,44-47,49-50,52-53H,42-43H2,1-12H3;/q-2;/i1D3,2D3;. The summed E-state index contributed by atoms with van der Waals surface area (Å²) in [7, 11) is 0. The second-order valence-electron chi connectivity index (χ2n) is 29.8. The Kier molecular flexibility index (Phi) is 12.9. The average Bonchev–Trinajstić information content (AvgIpc) is 1.62. The molecule has 0 atom stereocenters. The van der Waals surface area contributed by atoms with E-state index in [9.17, 15) is 0 Å². The van der Waals surface area contributed by atoms with Crippen molar-refractivity contribution in [2.24, 2.45) is 0 Å². The predicted octanol–water partition coefficient (Wildman–Crippen LogP) is 22.9. The third kappa shape index (κ3) is 10.1. The molecule has 0 saturated heterocycles. The predicted molar refractivity (Wildman–Crippen MR) is 397 cm³/mol. The van der Waals surface area contributed by atoms with Crippen LogP contribution in [0.15, 0.2) is 225 Å². The molecule has 17 rings (SSSR count). The summed E-state index contributed by atoms with van der Waals surface area (Å²) in [5.41, 5.74) is 19.8. The van der Waals surface area contributed by atoms with E-state index >= 15 is 0 Å². The first-order valence-electron chi connectivity index (χ1n) is 36.5. The summed E-state index contributed by atoms with van der Waals surface area (Å²) in [6.45, 7) is 17.3. The summed E-state index contributed by atoms with van der Waals surface area (Å²) < 4.78 is 70.8. The zero-order chi connectivity index (χ0) is 70.9. The van der Waals surface area contributed by atoms with E-state index in [1.54, 1.807) is 18.2 Å². The summed E-state index contributed by atoms with van der Waals surface area (Å²) in [6, 6.07) is 83.0. The van der Waals surface area contributed by atoms with Crippen LogP contribution < -0.4 is 9.30 Å². The molecular formula is C90H77N5OPt-2. The summed E-state index contributed by atoms with van der Waals surface area (Å²) in [5, 5.41) is 4.36. The largest absolute Gasteiger partial charge is 0.510 e. The first-order chi connectivity index (χ1) is 48.6. The van der Waals surface area contributed by atoms with E-state index in [1.807, 2.05) is 36.5 Å². The molecule has 11 aromatic carbocycles. The Labute approximate surface area is 592 Å². The van der Waals surface area contributed by atoms with Crippen molar-refractivity contribution in [3.63, 3.8) is 0 Å². The van der Waals surface area contributed by atoms with Crippen molar-refractivity contribution in [3.8, 4) is 90.0 Å². The molecule has 0 bridgehead atoms. The minimum Gasteiger partial charge on any atom is -0.510 e. The number of hydrogen-bond donors (Lipinski definition) is 0. The molecule has 7 heteroatoms. The zero-order valence-electron chi connectivity index (χ0n) is 62.2. The molecule has 1 aliphatic heterocycles. The van der Waals surface area contributed by atoms with E-state index < -0.39 is 13.7 Å². The van der Waals surface area contributed by atoms with Gasteiger partial charge in [0, 0.05) is 69.0 Å². The van der Waals surface area contributed by atoms with Crippen LogP contribution in [0, 0.1) is 32.2 Å². The van der Waals surface area contributed by atoms with Crippen LogP contribution in [-0.4, -0.2) is 18.7 Å². The maximum atomic E-state index is 9.14. The molecule has 97 heavy (non-hydrogen) atoms. The van der Waals surface area contributed by atoms with Crippen LogP contribution in [0.1, 0.15) is 124 Å². The molecule has 0 saturated carbocycles. The van der Waals surface area contributed by atoms with Crippen LogP contribution in [0.4, 0.5) is 0 Å². The Morgan fingerprint density at radius 1 is 0.474 bits per heavy atom. The number of pyridine rings is 1. The SMILES string of the molecule is [2H]C([2H])([2H])c1cccc(C([2H])([2H])[2H])c1-c1cc(-c2ccc(C(C)(C)C)cc2)c2c(c1)-c1cc3c(cc1-c1ccccc1-c1cc(-n4c5ccccc5c5ccccc54)cc4c1[n+]-2[c-]n4-c1[c-]c(Oc2[c-]c4c(cc2)c2ccccc2n4-c2cc(C(C)(C)C)ccn2)ccc1)C(C)(C)CCC3(C)C.[Pt]. The molecule has 4 aromatic heterocycles. The van der Waals surface area contributed by atoms with Gasteiger partial charge in [-0.2, -0.15) is 18.2 Å². The number of fused-ring (bicyclic) bond motifs is 14. The quantitative estimate of drug-likeness (QED) is 0.118. The van der Waals surface area contributed by atoms with E-state index in [0.29, 0.717) is 22.7 Å². The fourth-order valence-corrected chi connectivity index (χ4v) is 15.5. The molecule has 0 fully saturated rings. The monoisotopic (exact) mass is 1440 g/mol. The molecule has 0 amide bonds. The van der Waals surface area contributed by atoms with Crippen molar-refractivity contribution in [2.75, 3.05) is 0 Å². The van der Waals surface area contributed by atoms with Gasteiger partial charge in [0.05, 0.1) is 27.8 Å². The molecule has 6 nitrogen and oxygen atoms in total. The topological polar surface area (TPSA) is 40.8 Å². The Balaban J connectivity index is 0.00000819. The minimum atomic E-state index is -2.69. The van der Waals surface area contributed by atoms with Crippen LogP contribution in [0.25, 0.3) is 133 Å². The van der Waals surface area contributed by atoms with E-state index in [4.69, 9.17) is 17.9 Å². The summed E-state index contributed by atoms with van der Waals surface area (Å²) in [4.78, 5) is 4.96. The number of aromatic nitrogens is 5. The van der Waals surface area contributed by atoms with Gasteiger partial charge >= 0.3 is 0 Å². The Morgan fingerprint density at radius 3 is 1.68 bits per heavy atom. The van der Waals surface area contributed by atoms with Gasteiger partial charge in [0.2, 0.25) is 0 Å². The van der Waals surface area contributed by atoms with Gasteiger partial charge in [-0.1, -0.05) is 202 Å². The smallest absolute Gasteiger partial charge is 0.268 e. The first kappa shape index (κ1) is 55.3. The molecule has 480 valence electrons. The Hall–Kier alpha value is -9.87. The first-order valence-corrected chi connectivity index (χ1v) is 33.5. The van der Waals surface area contributed by atoms with Crippen molar-refractivity contribution in [3.05, 3.63) is 276 Å². The Morgan fingerprint density at radius 2 is 1.04 bits per heavy atom. The Bertz CT molecular complexity index is 5900. The fraction of sp³-hybridized carbons (Fsp3) is 0.200. The van der Waals surface area contributed by atoms with Crippen LogP contribution in [-0.2, 0) is 42.7 Å². The van der Waals surface area contributed by atoms with Crippen molar-refractivity contribution in [1.82, 2.24) is 18.7 Å². The minimum absolute atomic E-state index is 0. The fourth-order valence-electron chi connectivity index (χ4n) is 15.5. The maximum absolute atomic E-state index is 9.14. The van der Waals surface area contributed by atoms with Crippen LogP contribution >= 0.6 is 0 Å². The van der Waals surface area contributed by atoms with E-state index in [2.05, 4.69) is 276 Å². The molecule has 5 heterocycles. The van der Waals surface area contributed by atoms with Crippen LogP contribution in [0.5, 0.6) is 11.5 Å². The number of nitrogens with zero attached hydrogens (tertiary/aromatic N) is 5. The van der Waals surface area contributed by atoms with Gasteiger partial charge in [0.25, 0.3) is 6.33 Å². The van der Waals surface area contributed by atoms with Gasteiger partial charge in [-0.05, 0) is 209 Å². The van der Waals surface area contributed by atoms with Gasteiger partial charge in [-0.3, -0.25) is 4.57 Å². The average molecular weight is 1450 g/mol. The number of benzene rings is 11. The van der Waals surface area contributed by atoms with Gasteiger partial charge < -0.3 is 18.4 Å². The molecule has 2 aliphatic rings. The normalized spacial score (nSPS) is 15.2. The molecule has 0 spiro atoms. The number of imidazole rings is 1. The van der Waals surface area contributed by atoms with E-state index in [0.717, 1.165) is 135 Å². The van der Waals surface area contributed by atoms with Crippen LogP contribution in [0.2, 0.25) is 0 Å². The van der Waals surface area contributed by atoms with E-state index in [1.165, 1.54) is 16.7 Å². The van der Waals surface area contributed by atoms with Crippen molar-refractivity contribution in [2.45, 2.75) is 117 Å².